The molecule has 2 aromatic rings. The maximum atomic E-state index is 12.9. The van der Waals surface area contributed by atoms with E-state index in [0.29, 0.717) is 29.7 Å². The van der Waals surface area contributed by atoms with Gasteiger partial charge in [-0.05, 0) is 37.8 Å². The number of alkyl halides is 6. The summed E-state index contributed by atoms with van der Waals surface area (Å²) in [4.78, 5) is 23.1. The van der Waals surface area contributed by atoms with E-state index < -0.39 is 25.4 Å². The molecule has 0 spiro atoms. The minimum absolute atomic E-state index is 0.00292. The van der Waals surface area contributed by atoms with E-state index in [1.165, 1.54) is 12.3 Å². The highest BCUT2D eigenvalue weighted by Gasteiger charge is 2.39. The number of anilines is 1. The minimum atomic E-state index is -4.84. The summed E-state index contributed by atoms with van der Waals surface area (Å²) >= 11 is 1.04. The molecule has 3 rings (SSSR count). The van der Waals surface area contributed by atoms with Crippen molar-refractivity contribution in [1.29, 1.82) is 0 Å². The van der Waals surface area contributed by atoms with Crippen LogP contribution in [0.4, 0.5) is 32.2 Å². The predicted molar refractivity (Wildman–Crippen MR) is 99.7 cm³/mol. The third kappa shape index (κ3) is 5.67. The van der Waals surface area contributed by atoms with Gasteiger partial charge in [0, 0.05) is 23.1 Å². The number of halogens is 6. The summed E-state index contributed by atoms with van der Waals surface area (Å²) in [5, 5.41) is 0.271. The highest BCUT2D eigenvalue weighted by Crippen LogP contribution is 2.32. The lowest BCUT2D eigenvalue weighted by atomic mass is 10.1. The Morgan fingerprint density at radius 3 is 2.43 bits per heavy atom. The number of aryl methyl sites for hydroxylation is 2. The standard InChI is InChI=1S/C18H18F6N4OS/c1-10-5-6-25-14(28(8-17(19,20)21)9-18(22,23)24)12(10)7-30-16-26-13-4-2-3-11(13)15(29)27-16/h5-6H,2-4,7-9H2,1H3,(H,26,27,29). The molecule has 0 aromatic carbocycles. The van der Waals surface area contributed by atoms with E-state index in [4.69, 9.17) is 0 Å². The van der Waals surface area contributed by atoms with Crippen LogP contribution in [0, 0.1) is 6.92 Å². The molecule has 0 saturated carbocycles. The molecule has 0 atom stereocenters. The molecule has 1 aliphatic rings. The number of hydrogen-bond acceptors (Lipinski definition) is 5. The van der Waals surface area contributed by atoms with Crippen molar-refractivity contribution in [2.24, 2.45) is 0 Å². The van der Waals surface area contributed by atoms with Gasteiger partial charge >= 0.3 is 12.4 Å². The van der Waals surface area contributed by atoms with E-state index in [9.17, 15) is 31.1 Å². The Bertz CT molecular complexity index is 957. The fourth-order valence-electron chi connectivity index (χ4n) is 3.29. The second kappa shape index (κ2) is 8.48. The normalized spacial score (nSPS) is 14.1. The first-order valence-electron chi connectivity index (χ1n) is 9.01. The maximum Gasteiger partial charge on any atom is 0.405 e. The number of aromatic amines is 1. The molecule has 5 nitrogen and oxygen atoms in total. The number of thioether (sulfide) groups is 1. The summed E-state index contributed by atoms with van der Waals surface area (Å²) in [5.74, 6) is -0.385. The van der Waals surface area contributed by atoms with Gasteiger partial charge in [-0.3, -0.25) is 4.79 Å². The van der Waals surface area contributed by atoms with Gasteiger partial charge in [0.1, 0.15) is 18.9 Å². The average Bonchev–Trinajstić information content (AvgIpc) is 3.06. The van der Waals surface area contributed by atoms with Crippen molar-refractivity contribution in [2.75, 3.05) is 18.0 Å². The third-order valence-corrected chi connectivity index (χ3v) is 5.48. The van der Waals surface area contributed by atoms with Crippen LogP contribution in [0.2, 0.25) is 0 Å². The van der Waals surface area contributed by atoms with Crippen molar-refractivity contribution < 1.29 is 26.3 Å². The summed E-state index contributed by atoms with van der Waals surface area (Å²) in [6.45, 7) is -1.98. The van der Waals surface area contributed by atoms with Crippen molar-refractivity contribution in [1.82, 2.24) is 15.0 Å². The summed E-state index contributed by atoms with van der Waals surface area (Å²) in [6, 6.07) is 1.51. The maximum absolute atomic E-state index is 12.9. The fraction of sp³-hybridized carbons (Fsp3) is 0.500. The van der Waals surface area contributed by atoms with Gasteiger partial charge in [0.15, 0.2) is 5.16 Å². The Hall–Kier alpha value is -2.24. The number of nitrogens with one attached hydrogen (secondary N) is 1. The van der Waals surface area contributed by atoms with E-state index in [1.807, 2.05) is 0 Å². The molecular weight excluding hydrogens is 434 g/mol. The summed E-state index contributed by atoms with van der Waals surface area (Å²) in [5.41, 5.74) is 1.75. The molecule has 0 fully saturated rings. The van der Waals surface area contributed by atoms with Crippen LogP contribution in [0.15, 0.2) is 22.2 Å². The SMILES string of the molecule is Cc1ccnc(N(CC(F)(F)F)CC(F)(F)F)c1CSc1nc2c(c(=O)[nH]1)CCC2. The summed E-state index contributed by atoms with van der Waals surface area (Å²) < 4.78 is 77.6. The first-order chi connectivity index (χ1) is 13.9. The van der Waals surface area contributed by atoms with Crippen LogP contribution in [0.5, 0.6) is 0 Å². The van der Waals surface area contributed by atoms with Gasteiger partial charge in [0.2, 0.25) is 0 Å². The van der Waals surface area contributed by atoms with Crippen molar-refractivity contribution in [2.45, 2.75) is 49.4 Å². The molecule has 0 aliphatic heterocycles. The number of nitrogens with zero attached hydrogens (tertiary/aromatic N) is 3. The van der Waals surface area contributed by atoms with Gasteiger partial charge in [-0.1, -0.05) is 11.8 Å². The molecule has 1 N–H and O–H groups in total. The molecular formula is C18H18F6N4OS. The van der Waals surface area contributed by atoms with Gasteiger partial charge in [-0.15, -0.1) is 0 Å². The molecule has 1 aliphatic carbocycles. The summed E-state index contributed by atoms with van der Waals surface area (Å²) in [7, 11) is 0. The van der Waals surface area contributed by atoms with E-state index in [1.54, 1.807) is 6.92 Å². The molecule has 0 radical (unpaired) electrons. The van der Waals surface area contributed by atoms with Crippen molar-refractivity contribution >= 4 is 17.6 Å². The van der Waals surface area contributed by atoms with Crippen LogP contribution in [0.1, 0.15) is 28.8 Å². The number of rotatable bonds is 6. The largest absolute Gasteiger partial charge is 0.405 e. The lowest BCUT2D eigenvalue weighted by Crippen LogP contribution is -2.41. The second-order valence-corrected chi connectivity index (χ2v) is 7.92. The zero-order chi connectivity index (χ0) is 22.1. The van der Waals surface area contributed by atoms with Gasteiger partial charge in [0.25, 0.3) is 5.56 Å². The van der Waals surface area contributed by atoms with Crippen molar-refractivity contribution in [3.05, 3.63) is 45.0 Å². The molecule has 0 amide bonds. The number of H-pyrrole nitrogens is 1. The Kier molecular flexibility index (Phi) is 6.34. The predicted octanol–water partition coefficient (Wildman–Crippen LogP) is 4.19. The van der Waals surface area contributed by atoms with Crippen LogP contribution in [0.3, 0.4) is 0 Å². The van der Waals surface area contributed by atoms with Crippen LogP contribution >= 0.6 is 11.8 Å². The Labute approximate surface area is 171 Å². The van der Waals surface area contributed by atoms with Crippen LogP contribution < -0.4 is 10.5 Å². The molecule has 2 heterocycles. The quantitative estimate of drug-likeness (QED) is 0.405. The first kappa shape index (κ1) is 22.4. The van der Waals surface area contributed by atoms with Crippen LogP contribution in [-0.2, 0) is 18.6 Å². The van der Waals surface area contributed by atoms with Crippen molar-refractivity contribution in [3.8, 4) is 0 Å². The summed E-state index contributed by atoms with van der Waals surface area (Å²) in [6.07, 6.45) is -6.39. The van der Waals surface area contributed by atoms with E-state index >= 15 is 0 Å². The Morgan fingerprint density at radius 1 is 1.13 bits per heavy atom. The monoisotopic (exact) mass is 452 g/mol. The lowest BCUT2D eigenvalue weighted by molar-refractivity contribution is -0.137. The molecule has 2 aromatic heterocycles. The van der Waals surface area contributed by atoms with Gasteiger partial charge < -0.3 is 9.88 Å². The number of fused-ring (bicyclic) bond motifs is 1. The topological polar surface area (TPSA) is 61.9 Å². The molecule has 12 heteroatoms. The fourth-order valence-corrected chi connectivity index (χ4v) is 4.27. The first-order valence-corrected chi connectivity index (χ1v) is 9.99. The zero-order valence-electron chi connectivity index (χ0n) is 15.8. The highest BCUT2D eigenvalue weighted by molar-refractivity contribution is 7.98. The smallest absolute Gasteiger partial charge is 0.338 e. The highest BCUT2D eigenvalue weighted by atomic mass is 32.2. The van der Waals surface area contributed by atoms with E-state index in [0.717, 1.165) is 18.2 Å². The van der Waals surface area contributed by atoms with Crippen molar-refractivity contribution in [3.63, 3.8) is 0 Å². The molecule has 30 heavy (non-hydrogen) atoms. The number of aromatic nitrogens is 3. The van der Waals surface area contributed by atoms with Gasteiger partial charge in [-0.25, -0.2) is 9.97 Å². The van der Waals surface area contributed by atoms with Gasteiger partial charge in [0.05, 0.1) is 5.69 Å². The Morgan fingerprint density at radius 2 is 1.80 bits per heavy atom. The minimum Gasteiger partial charge on any atom is -0.338 e. The molecule has 0 unspecified atom stereocenters. The molecule has 164 valence electrons. The Balaban J connectivity index is 1.90. The number of pyridine rings is 1. The third-order valence-electron chi connectivity index (χ3n) is 4.58. The van der Waals surface area contributed by atoms with E-state index in [-0.39, 0.29) is 32.7 Å². The zero-order valence-corrected chi connectivity index (χ0v) is 16.6. The molecule has 0 bridgehead atoms. The lowest BCUT2D eigenvalue weighted by Gasteiger charge is -2.28. The van der Waals surface area contributed by atoms with Crippen LogP contribution in [-0.4, -0.2) is 40.4 Å². The number of hydrogen-bond donors (Lipinski definition) is 1. The van der Waals surface area contributed by atoms with Gasteiger partial charge in [-0.2, -0.15) is 26.3 Å². The average molecular weight is 452 g/mol. The van der Waals surface area contributed by atoms with E-state index in [2.05, 4.69) is 15.0 Å². The second-order valence-electron chi connectivity index (χ2n) is 6.95. The molecule has 0 saturated heterocycles. The van der Waals surface area contributed by atoms with Crippen LogP contribution in [0.25, 0.3) is 0 Å².